The molecule has 11 heavy (non-hydrogen) atoms. The van der Waals surface area contributed by atoms with E-state index in [1.165, 1.54) is 32.1 Å². The average molecular weight is 155 g/mol. The van der Waals surface area contributed by atoms with Gasteiger partial charge in [0.25, 0.3) is 0 Å². The normalized spacial score (nSPS) is 20.5. The van der Waals surface area contributed by atoms with Crippen molar-refractivity contribution in [3.8, 4) is 0 Å². The van der Waals surface area contributed by atoms with E-state index in [1.54, 1.807) is 0 Å². The molecule has 0 atom stereocenters. The molecular formula is C10H19O. The van der Waals surface area contributed by atoms with Gasteiger partial charge in [-0.15, -0.1) is 0 Å². The quantitative estimate of drug-likeness (QED) is 0.567. The third-order valence-electron chi connectivity index (χ3n) is 2.40. The summed E-state index contributed by atoms with van der Waals surface area (Å²) in [5.74, 6) is 0.857. The van der Waals surface area contributed by atoms with Crippen molar-refractivity contribution in [2.24, 2.45) is 5.92 Å². The minimum absolute atomic E-state index is 0.850. The summed E-state index contributed by atoms with van der Waals surface area (Å²) in [6, 6.07) is 0. The highest BCUT2D eigenvalue weighted by molar-refractivity contribution is 4.78. The van der Waals surface area contributed by atoms with Crippen LogP contribution in [0.3, 0.4) is 0 Å². The standard InChI is InChI=1S/C10H19O/c1-2-11-9-8-10-6-4-3-5-7-10/h8,10H,2-7,9H2,1H3. The molecule has 1 nitrogen and oxygen atoms in total. The Bertz CT molecular complexity index is 84.9. The minimum Gasteiger partial charge on any atom is -0.381 e. The fraction of sp³-hybridized carbons (Fsp3) is 0.900. The van der Waals surface area contributed by atoms with E-state index in [4.69, 9.17) is 4.74 Å². The zero-order valence-corrected chi connectivity index (χ0v) is 7.51. The molecule has 0 aromatic heterocycles. The fourth-order valence-corrected chi connectivity index (χ4v) is 1.69. The van der Waals surface area contributed by atoms with Gasteiger partial charge in [-0.2, -0.15) is 0 Å². The number of hydrogen-bond donors (Lipinski definition) is 0. The topological polar surface area (TPSA) is 9.23 Å². The molecule has 1 aliphatic carbocycles. The Morgan fingerprint density at radius 2 is 2.00 bits per heavy atom. The molecule has 0 saturated heterocycles. The third-order valence-corrected chi connectivity index (χ3v) is 2.40. The van der Waals surface area contributed by atoms with Gasteiger partial charge in [0.05, 0.1) is 0 Å². The molecule has 65 valence electrons. The van der Waals surface area contributed by atoms with Crippen LogP contribution in [0.5, 0.6) is 0 Å². The maximum absolute atomic E-state index is 5.28. The van der Waals surface area contributed by atoms with Gasteiger partial charge in [0.2, 0.25) is 0 Å². The Morgan fingerprint density at radius 1 is 1.27 bits per heavy atom. The first-order valence-electron chi connectivity index (χ1n) is 4.84. The van der Waals surface area contributed by atoms with Gasteiger partial charge in [-0.05, 0) is 19.3 Å². The maximum atomic E-state index is 5.28. The van der Waals surface area contributed by atoms with Crippen molar-refractivity contribution in [2.75, 3.05) is 13.2 Å². The van der Waals surface area contributed by atoms with E-state index in [1.807, 2.05) is 0 Å². The molecule has 0 aromatic carbocycles. The van der Waals surface area contributed by atoms with Crippen LogP contribution in [-0.2, 0) is 4.74 Å². The van der Waals surface area contributed by atoms with E-state index in [-0.39, 0.29) is 0 Å². The Morgan fingerprint density at radius 3 is 2.64 bits per heavy atom. The first-order valence-corrected chi connectivity index (χ1v) is 4.84. The van der Waals surface area contributed by atoms with Crippen LogP contribution in [0.25, 0.3) is 0 Å². The average Bonchev–Trinajstić information content (AvgIpc) is 2.07. The van der Waals surface area contributed by atoms with Crippen LogP contribution < -0.4 is 0 Å². The smallest absolute Gasteiger partial charge is 0.0500 e. The van der Waals surface area contributed by atoms with Crippen LogP contribution in [0.2, 0.25) is 0 Å². The van der Waals surface area contributed by atoms with Crippen molar-refractivity contribution in [1.29, 1.82) is 0 Å². The molecule has 0 bridgehead atoms. The molecule has 1 saturated carbocycles. The molecule has 1 radical (unpaired) electrons. The van der Waals surface area contributed by atoms with Crippen LogP contribution in [0.1, 0.15) is 39.0 Å². The van der Waals surface area contributed by atoms with Gasteiger partial charge in [0.15, 0.2) is 0 Å². The summed E-state index contributed by atoms with van der Waals surface area (Å²) in [6.07, 6.45) is 9.43. The van der Waals surface area contributed by atoms with Crippen molar-refractivity contribution >= 4 is 0 Å². The largest absolute Gasteiger partial charge is 0.381 e. The fourth-order valence-electron chi connectivity index (χ4n) is 1.69. The second kappa shape index (κ2) is 5.59. The van der Waals surface area contributed by atoms with Crippen molar-refractivity contribution in [3.63, 3.8) is 0 Å². The van der Waals surface area contributed by atoms with Gasteiger partial charge in [0.1, 0.15) is 0 Å². The zero-order valence-electron chi connectivity index (χ0n) is 7.51. The molecular weight excluding hydrogens is 136 g/mol. The van der Waals surface area contributed by atoms with Crippen LogP contribution in [0, 0.1) is 12.3 Å². The number of ether oxygens (including phenoxy) is 1. The number of rotatable bonds is 4. The highest BCUT2D eigenvalue weighted by atomic mass is 16.5. The first kappa shape index (κ1) is 9.05. The summed E-state index contributed by atoms with van der Waals surface area (Å²) in [4.78, 5) is 0. The van der Waals surface area contributed by atoms with E-state index in [9.17, 15) is 0 Å². The lowest BCUT2D eigenvalue weighted by Crippen LogP contribution is -2.10. The van der Waals surface area contributed by atoms with Gasteiger partial charge < -0.3 is 4.74 Å². The molecule has 1 aliphatic rings. The summed E-state index contributed by atoms with van der Waals surface area (Å²) in [6.45, 7) is 3.76. The molecule has 1 fully saturated rings. The Labute approximate surface area is 70.1 Å². The van der Waals surface area contributed by atoms with Gasteiger partial charge in [0, 0.05) is 13.2 Å². The van der Waals surface area contributed by atoms with E-state index in [2.05, 4.69) is 13.3 Å². The van der Waals surface area contributed by atoms with Crippen molar-refractivity contribution < 1.29 is 4.74 Å². The van der Waals surface area contributed by atoms with E-state index in [0.29, 0.717) is 0 Å². The van der Waals surface area contributed by atoms with Gasteiger partial charge in [-0.3, -0.25) is 0 Å². The summed E-state index contributed by atoms with van der Waals surface area (Å²) in [5, 5.41) is 0. The predicted molar refractivity (Wildman–Crippen MR) is 47.4 cm³/mol. The molecule has 0 spiro atoms. The maximum Gasteiger partial charge on any atom is 0.0500 e. The predicted octanol–water partition coefficient (Wildman–Crippen LogP) is 2.81. The van der Waals surface area contributed by atoms with E-state index in [0.717, 1.165) is 19.1 Å². The van der Waals surface area contributed by atoms with Crippen molar-refractivity contribution in [1.82, 2.24) is 0 Å². The lowest BCUT2D eigenvalue weighted by Gasteiger charge is -2.20. The molecule has 0 amide bonds. The van der Waals surface area contributed by atoms with Crippen LogP contribution >= 0.6 is 0 Å². The van der Waals surface area contributed by atoms with Crippen LogP contribution in [0.15, 0.2) is 0 Å². The molecule has 1 rings (SSSR count). The Balaban J connectivity index is 1.96. The van der Waals surface area contributed by atoms with Crippen LogP contribution in [0.4, 0.5) is 0 Å². The van der Waals surface area contributed by atoms with Gasteiger partial charge in [-0.1, -0.05) is 32.1 Å². The lowest BCUT2D eigenvalue weighted by molar-refractivity contribution is 0.157. The molecule has 0 aromatic rings. The van der Waals surface area contributed by atoms with E-state index < -0.39 is 0 Å². The second-order valence-electron chi connectivity index (χ2n) is 3.29. The third kappa shape index (κ3) is 3.76. The molecule has 1 heteroatoms. The van der Waals surface area contributed by atoms with Crippen molar-refractivity contribution in [3.05, 3.63) is 6.42 Å². The van der Waals surface area contributed by atoms with Gasteiger partial charge >= 0.3 is 0 Å². The van der Waals surface area contributed by atoms with E-state index >= 15 is 0 Å². The first-order chi connectivity index (χ1) is 5.43. The SMILES string of the molecule is CCOC[CH]C1CCCCC1. The second-order valence-corrected chi connectivity index (χ2v) is 3.29. The molecule has 0 heterocycles. The Kier molecular flexibility index (Phi) is 4.60. The van der Waals surface area contributed by atoms with Crippen molar-refractivity contribution in [2.45, 2.75) is 39.0 Å². The van der Waals surface area contributed by atoms with Gasteiger partial charge in [-0.25, -0.2) is 0 Å². The monoisotopic (exact) mass is 155 g/mol. The molecule has 0 unspecified atom stereocenters. The molecule has 0 aliphatic heterocycles. The summed E-state index contributed by atoms with van der Waals surface area (Å²) >= 11 is 0. The molecule has 0 N–H and O–H groups in total. The lowest BCUT2D eigenvalue weighted by atomic mass is 9.87. The minimum atomic E-state index is 0.850. The highest BCUT2D eigenvalue weighted by Gasteiger charge is 2.12. The summed E-state index contributed by atoms with van der Waals surface area (Å²) < 4.78 is 5.28. The zero-order chi connectivity index (χ0) is 7.94. The Hall–Kier alpha value is -0.0400. The summed E-state index contributed by atoms with van der Waals surface area (Å²) in [5.41, 5.74) is 0. The summed E-state index contributed by atoms with van der Waals surface area (Å²) in [7, 11) is 0. The number of hydrogen-bond acceptors (Lipinski definition) is 1. The highest BCUT2D eigenvalue weighted by Crippen LogP contribution is 2.25. The van der Waals surface area contributed by atoms with Crippen LogP contribution in [-0.4, -0.2) is 13.2 Å².